The zero-order valence-corrected chi connectivity index (χ0v) is 14.0. The molecule has 5 N–H and O–H groups in total. The number of ketones is 1. The van der Waals surface area contributed by atoms with Crippen molar-refractivity contribution >= 4 is 13.5 Å². The average molecular weight is 353 g/mol. The van der Waals surface area contributed by atoms with Gasteiger partial charge in [-0.15, -0.1) is 0 Å². The fourth-order valence-corrected chi connectivity index (χ4v) is 3.25. The SMILES string of the molecule is CC(CCC1C(=O)C=C(O)C=C1NP(=O)(O)O)c1cccc(O)c1. The Hall–Kier alpha value is -2.08. The van der Waals surface area contributed by atoms with Crippen LogP contribution in [0.4, 0.5) is 0 Å². The van der Waals surface area contributed by atoms with E-state index in [0.717, 1.165) is 17.7 Å². The highest BCUT2D eigenvalue weighted by molar-refractivity contribution is 7.49. The highest BCUT2D eigenvalue weighted by Gasteiger charge is 2.29. The second-order valence-corrected chi connectivity index (χ2v) is 7.16. The van der Waals surface area contributed by atoms with Crippen molar-refractivity contribution in [1.82, 2.24) is 5.09 Å². The number of benzene rings is 1. The molecule has 130 valence electrons. The number of carbonyl (C=O) groups excluding carboxylic acids is 1. The second kappa shape index (κ2) is 7.21. The van der Waals surface area contributed by atoms with Gasteiger partial charge in [0.2, 0.25) is 0 Å². The molecule has 1 aliphatic carbocycles. The standard InChI is InChI=1S/C16H20NO6P/c1-10(11-3-2-4-12(18)7-11)5-6-14-15(17-24(21,22)23)8-13(19)9-16(14)20/h2-4,7-10,14,18-19H,5-6H2,1H3,(H3,17,21,22,23). The first-order chi connectivity index (χ1) is 11.2. The van der Waals surface area contributed by atoms with E-state index in [9.17, 15) is 19.6 Å². The van der Waals surface area contributed by atoms with E-state index >= 15 is 0 Å². The molecular formula is C16H20NO6P. The zero-order chi connectivity index (χ0) is 17.9. The summed E-state index contributed by atoms with van der Waals surface area (Å²) in [5.41, 5.74) is 0.918. The normalized spacial score (nSPS) is 19.5. The van der Waals surface area contributed by atoms with Crippen LogP contribution in [0.15, 0.2) is 47.9 Å². The highest BCUT2D eigenvalue weighted by Crippen LogP contribution is 2.36. The van der Waals surface area contributed by atoms with Gasteiger partial charge in [-0.3, -0.25) is 9.88 Å². The molecule has 0 fully saturated rings. The lowest BCUT2D eigenvalue weighted by Gasteiger charge is -2.24. The third-order valence-corrected chi connectivity index (χ3v) is 4.46. The minimum Gasteiger partial charge on any atom is -0.508 e. The number of rotatable bonds is 6. The molecule has 1 aromatic carbocycles. The van der Waals surface area contributed by atoms with Crippen LogP contribution in [0.5, 0.6) is 5.75 Å². The monoisotopic (exact) mass is 353 g/mol. The summed E-state index contributed by atoms with van der Waals surface area (Å²) in [6, 6.07) is 6.81. The molecule has 0 spiro atoms. The van der Waals surface area contributed by atoms with Crippen LogP contribution in [0.25, 0.3) is 0 Å². The quantitative estimate of drug-likeness (QED) is 0.497. The molecular weight excluding hydrogens is 333 g/mol. The summed E-state index contributed by atoms with van der Waals surface area (Å²) in [4.78, 5) is 30.2. The van der Waals surface area contributed by atoms with Crippen molar-refractivity contribution in [3.05, 3.63) is 53.4 Å². The molecule has 0 radical (unpaired) electrons. The van der Waals surface area contributed by atoms with Crippen molar-refractivity contribution in [2.45, 2.75) is 25.7 Å². The van der Waals surface area contributed by atoms with E-state index in [1.54, 1.807) is 18.2 Å². The van der Waals surface area contributed by atoms with E-state index in [2.05, 4.69) is 0 Å². The first-order valence-electron chi connectivity index (χ1n) is 7.44. The molecule has 2 rings (SSSR count). The number of hydrogen-bond acceptors (Lipinski definition) is 4. The molecule has 2 atom stereocenters. The zero-order valence-electron chi connectivity index (χ0n) is 13.1. The van der Waals surface area contributed by atoms with Crippen molar-refractivity contribution in [2.24, 2.45) is 5.92 Å². The number of aliphatic hydroxyl groups excluding tert-OH is 1. The molecule has 0 saturated heterocycles. The van der Waals surface area contributed by atoms with Crippen molar-refractivity contribution in [3.63, 3.8) is 0 Å². The molecule has 1 aliphatic rings. The number of aliphatic hydroxyl groups is 1. The first kappa shape index (κ1) is 18.3. The minimum atomic E-state index is -4.58. The summed E-state index contributed by atoms with van der Waals surface area (Å²) in [5, 5.41) is 21.0. The molecule has 1 aromatic rings. The van der Waals surface area contributed by atoms with Gasteiger partial charge in [0.25, 0.3) is 0 Å². The van der Waals surface area contributed by atoms with Crippen molar-refractivity contribution in [2.75, 3.05) is 0 Å². The van der Waals surface area contributed by atoms with Gasteiger partial charge in [-0.25, -0.2) is 4.57 Å². The van der Waals surface area contributed by atoms with E-state index < -0.39 is 19.4 Å². The fourth-order valence-electron chi connectivity index (χ4n) is 2.69. The van der Waals surface area contributed by atoms with Crippen LogP contribution in [-0.4, -0.2) is 25.8 Å². The number of phenols is 1. The van der Waals surface area contributed by atoms with Crippen molar-refractivity contribution in [3.8, 4) is 5.75 Å². The molecule has 0 saturated carbocycles. The Morgan fingerprint density at radius 3 is 2.58 bits per heavy atom. The maximum atomic E-state index is 12.1. The molecule has 24 heavy (non-hydrogen) atoms. The van der Waals surface area contributed by atoms with Gasteiger partial charge in [0.1, 0.15) is 11.5 Å². The van der Waals surface area contributed by atoms with Gasteiger partial charge in [0.05, 0.1) is 5.92 Å². The number of aromatic hydroxyl groups is 1. The van der Waals surface area contributed by atoms with Crippen LogP contribution >= 0.6 is 7.75 Å². The Labute approximate surface area is 139 Å². The Morgan fingerprint density at radius 2 is 1.96 bits per heavy atom. The van der Waals surface area contributed by atoms with Gasteiger partial charge < -0.3 is 20.0 Å². The highest BCUT2D eigenvalue weighted by atomic mass is 31.2. The fraction of sp³-hybridized carbons (Fsp3) is 0.312. The molecule has 0 aliphatic heterocycles. The Bertz CT molecular complexity index is 736. The van der Waals surface area contributed by atoms with E-state index in [1.165, 1.54) is 0 Å². The average Bonchev–Trinajstić information content (AvgIpc) is 2.44. The Kier molecular flexibility index (Phi) is 5.49. The summed E-state index contributed by atoms with van der Waals surface area (Å²) in [6.45, 7) is 1.94. The first-order valence-corrected chi connectivity index (χ1v) is 9.06. The number of allylic oxidation sites excluding steroid dienone is 3. The smallest absolute Gasteiger partial charge is 0.427 e. The second-order valence-electron chi connectivity index (χ2n) is 5.85. The van der Waals surface area contributed by atoms with E-state index in [-0.39, 0.29) is 23.1 Å². The number of phenolic OH excluding ortho intramolecular Hbond substituents is 1. The molecule has 0 aromatic heterocycles. The topological polar surface area (TPSA) is 127 Å². The molecule has 0 bridgehead atoms. The summed E-state index contributed by atoms with van der Waals surface area (Å²) in [5.74, 6) is -1.30. The molecule has 0 heterocycles. The summed E-state index contributed by atoms with van der Waals surface area (Å²) < 4.78 is 11.2. The molecule has 8 heteroatoms. The lowest BCUT2D eigenvalue weighted by atomic mass is 9.86. The molecule has 0 amide bonds. The van der Waals surface area contributed by atoms with Crippen LogP contribution in [0.2, 0.25) is 0 Å². The predicted octanol–water partition coefficient (Wildman–Crippen LogP) is 2.48. The van der Waals surface area contributed by atoms with Crippen LogP contribution in [0.3, 0.4) is 0 Å². The predicted molar refractivity (Wildman–Crippen MR) is 88.2 cm³/mol. The minimum absolute atomic E-state index is 0.0106. The van der Waals surface area contributed by atoms with Crippen LogP contribution in [-0.2, 0) is 9.36 Å². The van der Waals surface area contributed by atoms with E-state index in [0.29, 0.717) is 12.8 Å². The van der Waals surface area contributed by atoms with Crippen molar-refractivity contribution < 1.29 is 29.4 Å². The maximum Gasteiger partial charge on any atom is 0.427 e. The van der Waals surface area contributed by atoms with Gasteiger partial charge in [0.15, 0.2) is 5.78 Å². The van der Waals surface area contributed by atoms with E-state index in [4.69, 9.17) is 9.79 Å². The summed E-state index contributed by atoms with van der Waals surface area (Å²) in [7, 11) is -4.58. The summed E-state index contributed by atoms with van der Waals surface area (Å²) in [6.07, 6.45) is 3.12. The lowest BCUT2D eigenvalue weighted by Crippen LogP contribution is -2.27. The molecule has 2 unspecified atom stereocenters. The Balaban J connectivity index is 2.10. The van der Waals surface area contributed by atoms with Gasteiger partial charge in [-0.2, -0.15) is 0 Å². The number of hydrogen-bond donors (Lipinski definition) is 5. The summed E-state index contributed by atoms with van der Waals surface area (Å²) >= 11 is 0. The number of nitrogens with one attached hydrogen (secondary N) is 1. The maximum absolute atomic E-state index is 12.1. The third-order valence-electron chi connectivity index (χ3n) is 3.91. The lowest BCUT2D eigenvalue weighted by molar-refractivity contribution is -0.117. The van der Waals surface area contributed by atoms with Crippen LogP contribution in [0, 0.1) is 5.92 Å². The van der Waals surface area contributed by atoms with Gasteiger partial charge >= 0.3 is 7.75 Å². The Morgan fingerprint density at radius 1 is 1.25 bits per heavy atom. The van der Waals surface area contributed by atoms with Gasteiger partial charge in [-0.1, -0.05) is 19.1 Å². The third kappa shape index (κ3) is 4.96. The number of carbonyl (C=O) groups is 1. The van der Waals surface area contributed by atoms with Crippen LogP contribution < -0.4 is 5.09 Å². The van der Waals surface area contributed by atoms with Crippen molar-refractivity contribution in [1.29, 1.82) is 0 Å². The van der Waals surface area contributed by atoms with Crippen LogP contribution in [0.1, 0.15) is 31.2 Å². The largest absolute Gasteiger partial charge is 0.508 e. The molecule has 7 nitrogen and oxygen atoms in total. The van der Waals surface area contributed by atoms with Gasteiger partial charge in [-0.05, 0) is 36.5 Å². The van der Waals surface area contributed by atoms with E-state index in [1.807, 2.05) is 18.1 Å². The van der Waals surface area contributed by atoms with Gasteiger partial charge in [0, 0.05) is 17.8 Å².